The SMILES string of the molecule is CCC(C)(C)P(Cc1ccccc1)C(C)(C)CC. The maximum absolute atomic E-state index is 2.46. The van der Waals surface area contributed by atoms with E-state index in [0.29, 0.717) is 10.3 Å². The van der Waals surface area contributed by atoms with Crippen molar-refractivity contribution in [2.75, 3.05) is 0 Å². The topological polar surface area (TPSA) is 0 Å². The van der Waals surface area contributed by atoms with Crippen LogP contribution in [0, 0.1) is 0 Å². The summed E-state index contributed by atoms with van der Waals surface area (Å²) in [4.78, 5) is 0. The van der Waals surface area contributed by atoms with Crippen LogP contribution in [0.5, 0.6) is 0 Å². The Labute approximate surface area is 115 Å². The maximum atomic E-state index is 2.46. The number of benzene rings is 1. The van der Waals surface area contributed by atoms with Gasteiger partial charge in [0.25, 0.3) is 0 Å². The fourth-order valence-electron chi connectivity index (χ4n) is 2.40. The van der Waals surface area contributed by atoms with Crippen molar-refractivity contribution in [2.24, 2.45) is 0 Å². The molecular formula is C17H29P. The zero-order valence-corrected chi connectivity index (χ0v) is 13.8. The molecular weight excluding hydrogens is 235 g/mol. The van der Waals surface area contributed by atoms with E-state index >= 15 is 0 Å². The van der Waals surface area contributed by atoms with E-state index < -0.39 is 0 Å². The van der Waals surface area contributed by atoms with Crippen molar-refractivity contribution in [2.45, 2.75) is 70.9 Å². The van der Waals surface area contributed by atoms with Gasteiger partial charge < -0.3 is 0 Å². The molecule has 0 aliphatic rings. The summed E-state index contributed by atoms with van der Waals surface area (Å²) in [5.74, 6) is 0. The fourth-order valence-corrected chi connectivity index (χ4v) is 6.23. The molecule has 0 saturated carbocycles. The molecule has 18 heavy (non-hydrogen) atoms. The van der Waals surface area contributed by atoms with Crippen molar-refractivity contribution in [1.29, 1.82) is 0 Å². The molecule has 0 nitrogen and oxygen atoms in total. The number of rotatable bonds is 6. The monoisotopic (exact) mass is 264 g/mol. The van der Waals surface area contributed by atoms with E-state index in [1.807, 2.05) is 0 Å². The first-order chi connectivity index (χ1) is 8.33. The van der Waals surface area contributed by atoms with E-state index in [1.54, 1.807) is 0 Å². The lowest BCUT2D eigenvalue weighted by Crippen LogP contribution is -2.30. The van der Waals surface area contributed by atoms with Crippen molar-refractivity contribution in [3.05, 3.63) is 35.9 Å². The molecule has 1 rings (SSSR count). The van der Waals surface area contributed by atoms with E-state index in [-0.39, 0.29) is 7.92 Å². The van der Waals surface area contributed by atoms with Gasteiger partial charge in [-0.3, -0.25) is 0 Å². The largest absolute Gasteiger partial charge is 0.0906 e. The third-order valence-corrected chi connectivity index (χ3v) is 8.61. The van der Waals surface area contributed by atoms with Crippen LogP contribution in [0.3, 0.4) is 0 Å². The fraction of sp³-hybridized carbons (Fsp3) is 0.647. The van der Waals surface area contributed by atoms with Gasteiger partial charge in [-0.15, -0.1) is 0 Å². The van der Waals surface area contributed by atoms with Crippen LogP contribution in [0.2, 0.25) is 0 Å². The summed E-state index contributed by atoms with van der Waals surface area (Å²) >= 11 is 0. The van der Waals surface area contributed by atoms with E-state index in [0.717, 1.165) is 0 Å². The van der Waals surface area contributed by atoms with E-state index in [1.165, 1.54) is 24.6 Å². The molecule has 0 bridgehead atoms. The highest BCUT2D eigenvalue weighted by Gasteiger charge is 2.37. The highest BCUT2D eigenvalue weighted by atomic mass is 31.1. The van der Waals surface area contributed by atoms with Crippen LogP contribution in [0.4, 0.5) is 0 Å². The lowest BCUT2D eigenvalue weighted by atomic mass is 10.1. The van der Waals surface area contributed by atoms with Gasteiger partial charge in [0.05, 0.1) is 0 Å². The minimum atomic E-state index is -0.0237. The molecule has 0 aliphatic carbocycles. The first-order valence-corrected chi connectivity index (χ1v) is 8.68. The molecule has 102 valence electrons. The summed E-state index contributed by atoms with van der Waals surface area (Å²) in [6.07, 6.45) is 3.81. The Morgan fingerprint density at radius 3 is 1.67 bits per heavy atom. The zero-order valence-electron chi connectivity index (χ0n) is 13.0. The summed E-state index contributed by atoms with van der Waals surface area (Å²) in [5.41, 5.74) is 1.51. The first kappa shape index (κ1) is 15.7. The summed E-state index contributed by atoms with van der Waals surface area (Å²) in [6.45, 7) is 14.5. The third-order valence-electron chi connectivity index (χ3n) is 4.38. The molecule has 0 aliphatic heterocycles. The van der Waals surface area contributed by atoms with Crippen LogP contribution >= 0.6 is 7.92 Å². The summed E-state index contributed by atoms with van der Waals surface area (Å²) in [6, 6.07) is 11.0. The van der Waals surface area contributed by atoms with Crippen LogP contribution in [0.15, 0.2) is 30.3 Å². The Bertz CT molecular complexity index is 335. The molecule has 0 fully saturated rings. The lowest BCUT2D eigenvalue weighted by Gasteiger charge is -2.45. The Kier molecular flexibility index (Phi) is 5.41. The summed E-state index contributed by atoms with van der Waals surface area (Å²) in [7, 11) is -0.0237. The van der Waals surface area contributed by atoms with Crippen molar-refractivity contribution in [3.63, 3.8) is 0 Å². The van der Waals surface area contributed by atoms with Crippen LogP contribution in [0.1, 0.15) is 59.9 Å². The van der Waals surface area contributed by atoms with Gasteiger partial charge in [0.15, 0.2) is 0 Å². The predicted octanol–water partition coefficient (Wildman–Crippen LogP) is 6.05. The van der Waals surface area contributed by atoms with Crippen molar-refractivity contribution in [1.82, 2.24) is 0 Å². The summed E-state index contributed by atoms with van der Waals surface area (Å²) in [5, 5.41) is 0.926. The Hall–Kier alpha value is -0.350. The zero-order chi connectivity index (χ0) is 13.8. The predicted molar refractivity (Wildman–Crippen MR) is 85.8 cm³/mol. The molecule has 1 aromatic rings. The molecule has 0 saturated heterocycles. The Morgan fingerprint density at radius 1 is 0.833 bits per heavy atom. The molecule has 1 aromatic carbocycles. The highest BCUT2D eigenvalue weighted by Crippen LogP contribution is 2.63. The van der Waals surface area contributed by atoms with Crippen molar-refractivity contribution < 1.29 is 0 Å². The van der Waals surface area contributed by atoms with Gasteiger partial charge >= 0.3 is 0 Å². The van der Waals surface area contributed by atoms with Gasteiger partial charge in [0, 0.05) is 0 Å². The lowest BCUT2D eigenvalue weighted by molar-refractivity contribution is 0.601. The molecule has 1 heteroatoms. The Balaban J connectivity index is 2.99. The van der Waals surface area contributed by atoms with Gasteiger partial charge in [-0.05, 0) is 34.9 Å². The second-order valence-electron chi connectivity index (χ2n) is 6.40. The van der Waals surface area contributed by atoms with Crippen LogP contribution in [-0.2, 0) is 6.16 Å². The smallest absolute Gasteiger partial charge is 0.00635 e. The van der Waals surface area contributed by atoms with E-state index in [2.05, 4.69) is 71.9 Å². The molecule has 0 spiro atoms. The summed E-state index contributed by atoms with van der Waals surface area (Å²) < 4.78 is 0. The standard InChI is InChI=1S/C17H29P/c1-7-16(3,4)18(17(5,6)8-2)14-15-12-10-9-11-13-15/h9-13H,7-8,14H2,1-6H3. The molecule has 0 heterocycles. The molecule has 0 unspecified atom stereocenters. The van der Waals surface area contributed by atoms with Crippen LogP contribution in [0.25, 0.3) is 0 Å². The molecule has 0 atom stereocenters. The molecule has 0 N–H and O–H groups in total. The van der Waals surface area contributed by atoms with Gasteiger partial charge in [-0.1, -0.05) is 79.8 Å². The van der Waals surface area contributed by atoms with E-state index in [9.17, 15) is 0 Å². The minimum absolute atomic E-state index is 0.0237. The van der Waals surface area contributed by atoms with Gasteiger partial charge in [0.2, 0.25) is 0 Å². The first-order valence-electron chi connectivity index (χ1n) is 7.15. The second kappa shape index (κ2) is 6.20. The Morgan fingerprint density at radius 2 is 1.28 bits per heavy atom. The normalized spacial score (nSPS) is 13.1. The van der Waals surface area contributed by atoms with Crippen LogP contribution in [-0.4, -0.2) is 10.3 Å². The number of hydrogen-bond donors (Lipinski definition) is 0. The van der Waals surface area contributed by atoms with Gasteiger partial charge in [-0.25, -0.2) is 0 Å². The van der Waals surface area contributed by atoms with Crippen molar-refractivity contribution >= 4 is 7.92 Å². The maximum Gasteiger partial charge on any atom is -0.00635 e. The molecule has 0 aromatic heterocycles. The molecule has 0 radical (unpaired) electrons. The van der Waals surface area contributed by atoms with Crippen molar-refractivity contribution in [3.8, 4) is 0 Å². The van der Waals surface area contributed by atoms with Gasteiger partial charge in [0.1, 0.15) is 0 Å². The van der Waals surface area contributed by atoms with Gasteiger partial charge in [-0.2, -0.15) is 0 Å². The average molecular weight is 264 g/mol. The number of hydrogen-bond acceptors (Lipinski definition) is 0. The quantitative estimate of drug-likeness (QED) is 0.549. The average Bonchev–Trinajstić information content (AvgIpc) is 2.37. The minimum Gasteiger partial charge on any atom is -0.0906 e. The van der Waals surface area contributed by atoms with Crippen LogP contribution < -0.4 is 0 Å². The highest BCUT2D eigenvalue weighted by molar-refractivity contribution is 7.60. The van der Waals surface area contributed by atoms with E-state index in [4.69, 9.17) is 0 Å². The molecule has 0 amide bonds. The third kappa shape index (κ3) is 3.82. The second-order valence-corrected chi connectivity index (χ2v) is 10.00.